The summed E-state index contributed by atoms with van der Waals surface area (Å²) in [6.07, 6.45) is 4.20. The molecule has 1 saturated heterocycles. The maximum atomic E-state index is 12.3. The molecule has 24 heavy (non-hydrogen) atoms. The molecule has 1 aromatic carbocycles. The van der Waals surface area contributed by atoms with Gasteiger partial charge in [0.2, 0.25) is 5.56 Å². The number of rotatable bonds is 2. The monoisotopic (exact) mass is 365 g/mol. The van der Waals surface area contributed by atoms with Gasteiger partial charge in [-0.3, -0.25) is 9.52 Å². The zero-order chi connectivity index (χ0) is 16.9. The molecule has 3 heterocycles. The largest absolute Gasteiger partial charge is 0.353 e. The average molecular weight is 366 g/mol. The second kappa shape index (κ2) is 5.81. The highest BCUT2D eigenvalue weighted by Gasteiger charge is 2.35. The number of hydrogen-bond donors (Lipinski definition) is 3. The Balaban J connectivity index is 2.01. The van der Waals surface area contributed by atoms with E-state index in [0.29, 0.717) is 5.02 Å². The van der Waals surface area contributed by atoms with E-state index in [4.69, 9.17) is 15.8 Å². The zero-order valence-electron chi connectivity index (χ0n) is 13.6. The molecule has 2 unspecified atom stereocenters. The van der Waals surface area contributed by atoms with Crippen LogP contribution in [0.5, 0.6) is 0 Å². The van der Waals surface area contributed by atoms with Gasteiger partial charge in [0.05, 0.1) is 11.0 Å². The van der Waals surface area contributed by atoms with Crippen LogP contribution in [0.25, 0.3) is 21.9 Å². The van der Waals surface area contributed by atoms with Gasteiger partial charge >= 0.3 is 0 Å². The van der Waals surface area contributed by atoms with Crippen molar-refractivity contribution in [2.45, 2.75) is 18.1 Å². The van der Waals surface area contributed by atoms with E-state index in [1.54, 1.807) is 13.2 Å². The van der Waals surface area contributed by atoms with E-state index in [2.05, 4.69) is 20.9 Å². The molecule has 3 N–H and O–H groups in total. The van der Waals surface area contributed by atoms with Crippen molar-refractivity contribution in [2.75, 3.05) is 19.9 Å². The third-order valence-corrected chi connectivity index (χ3v) is 8.13. The molecule has 0 saturated carbocycles. The van der Waals surface area contributed by atoms with Gasteiger partial charge in [-0.1, -0.05) is 22.1 Å². The van der Waals surface area contributed by atoms with Gasteiger partial charge in [-0.05, 0) is 36.6 Å². The Hall–Kier alpha value is -1.47. The maximum Gasteiger partial charge on any atom is 0.248 e. The van der Waals surface area contributed by atoms with E-state index < -0.39 is 10.5 Å². The van der Waals surface area contributed by atoms with Crippen molar-refractivity contribution in [1.29, 1.82) is 0 Å². The molecular weight excluding hydrogens is 346 g/mol. The normalized spacial score (nSPS) is 27.4. The van der Waals surface area contributed by atoms with Crippen LogP contribution >= 0.6 is 22.1 Å². The van der Waals surface area contributed by atoms with E-state index in [-0.39, 0.29) is 10.8 Å². The second-order valence-electron chi connectivity index (χ2n) is 6.25. The zero-order valence-corrected chi connectivity index (χ0v) is 15.2. The first-order valence-corrected chi connectivity index (χ1v) is 10.3. The highest BCUT2D eigenvalue weighted by Crippen LogP contribution is 2.59. The Morgan fingerprint density at radius 2 is 2.08 bits per heavy atom. The molecule has 0 spiro atoms. The minimum Gasteiger partial charge on any atom is -0.353 e. The van der Waals surface area contributed by atoms with Gasteiger partial charge in [-0.2, -0.15) is 0 Å². The predicted octanol–water partition coefficient (Wildman–Crippen LogP) is 4.00. The Kier molecular flexibility index (Phi) is 3.88. The average Bonchev–Trinajstić information content (AvgIpc) is 2.92. The molecular formula is C17H20ClN3O2S. The van der Waals surface area contributed by atoms with Crippen LogP contribution in [0.15, 0.2) is 29.1 Å². The number of aromatic amines is 2. The van der Waals surface area contributed by atoms with Crippen molar-refractivity contribution in [3.8, 4) is 0 Å². The predicted molar refractivity (Wildman–Crippen MR) is 102 cm³/mol. The number of fused-ring (bicyclic) bond motifs is 3. The van der Waals surface area contributed by atoms with Gasteiger partial charge in [0.25, 0.3) is 0 Å². The van der Waals surface area contributed by atoms with Crippen LogP contribution in [-0.4, -0.2) is 29.9 Å². The Bertz CT molecular complexity index is 983. The number of pyridine rings is 1. The summed E-state index contributed by atoms with van der Waals surface area (Å²) in [5.41, 5.74) is 3.68. The lowest BCUT2D eigenvalue weighted by molar-refractivity contribution is 0.436. The maximum absolute atomic E-state index is 12.3. The Labute approximate surface area is 146 Å². The summed E-state index contributed by atoms with van der Waals surface area (Å²) < 4.78 is 9.39. The molecule has 0 amide bonds. The molecule has 0 radical (unpaired) electrons. The van der Waals surface area contributed by atoms with Crippen molar-refractivity contribution >= 4 is 44.0 Å². The summed E-state index contributed by atoms with van der Waals surface area (Å²) in [4.78, 5) is 18.7. The quantitative estimate of drug-likeness (QED) is 0.643. The summed E-state index contributed by atoms with van der Waals surface area (Å²) >= 11 is 6.14. The fraction of sp³-hybridized carbons (Fsp3) is 0.353. The first-order chi connectivity index (χ1) is 11.5. The number of nitrogens with one attached hydrogen (secondary N) is 3. The summed E-state index contributed by atoms with van der Waals surface area (Å²) in [6.45, 7) is 0.949. The molecule has 1 fully saturated rings. The van der Waals surface area contributed by atoms with Crippen molar-refractivity contribution in [2.24, 2.45) is 0 Å². The van der Waals surface area contributed by atoms with Crippen molar-refractivity contribution < 1.29 is 4.18 Å². The number of H-pyrrole nitrogens is 2. The molecule has 1 aliphatic rings. The fourth-order valence-corrected chi connectivity index (χ4v) is 6.16. The lowest BCUT2D eigenvalue weighted by Crippen LogP contribution is -2.32. The molecule has 7 heteroatoms. The van der Waals surface area contributed by atoms with Gasteiger partial charge in [-0.25, -0.2) is 0 Å². The van der Waals surface area contributed by atoms with Crippen LogP contribution in [0.3, 0.4) is 0 Å². The van der Waals surface area contributed by atoms with E-state index in [1.807, 2.05) is 18.2 Å². The van der Waals surface area contributed by atoms with Gasteiger partial charge in [-0.15, -0.1) is 0 Å². The lowest BCUT2D eigenvalue weighted by Gasteiger charge is -2.45. The number of hydrogen-bond acceptors (Lipinski definition) is 3. The Morgan fingerprint density at radius 1 is 1.25 bits per heavy atom. The number of benzene rings is 1. The summed E-state index contributed by atoms with van der Waals surface area (Å²) in [6, 6.07) is 7.39. The number of halogens is 1. The molecule has 0 aliphatic carbocycles. The van der Waals surface area contributed by atoms with Gasteiger partial charge in [0, 0.05) is 47.2 Å². The lowest BCUT2D eigenvalue weighted by atomic mass is 10.1. The molecule has 3 aromatic rings. The van der Waals surface area contributed by atoms with Crippen molar-refractivity contribution in [1.82, 2.24) is 14.7 Å². The van der Waals surface area contributed by atoms with Crippen LogP contribution in [0, 0.1) is 0 Å². The van der Waals surface area contributed by atoms with Crippen molar-refractivity contribution in [3.63, 3.8) is 0 Å². The van der Waals surface area contributed by atoms with Gasteiger partial charge in [0.15, 0.2) is 0 Å². The Morgan fingerprint density at radius 3 is 2.88 bits per heavy atom. The molecule has 2 atom stereocenters. The van der Waals surface area contributed by atoms with E-state index in [0.717, 1.165) is 46.9 Å². The summed E-state index contributed by atoms with van der Waals surface area (Å²) in [7, 11) is 0.271. The smallest absolute Gasteiger partial charge is 0.248 e. The molecule has 1 aliphatic heterocycles. The van der Waals surface area contributed by atoms with Crippen molar-refractivity contribution in [3.05, 3.63) is 45.2 Å². The van der Waals surface area contributed by atoms with Crippen LogP contribution in [0.4, 0.5) is 0 Å². The van der Waals surface area contributed by atoms with E-state index in [9.17, 15) is 4.79 Å². The molecule has 0 bridgehead atoms. The van der Waals surface area contributed by atoms with Gasteiger partial charge < -0.3 is 14.2 Å². The molecule has 4 rings (SSSR count). The van der Waals surface area contributed by atoms with Gasteiger partial charge in [0.1, 0.15) is 0 Å². The SMILES string of the molecule is COS1(C)NCCCC1c1cc(=O)[nH]c2c1[nH]c1ccc(Cl)cc12. The first kappa shape index (κ1) is 16.0. The second-order valence-corrected chi connectivity index (χ2v) is 9.68. The van der Waals surface area contributed by atoms with Crippen LogP contribution in [0.1, 0.15) is 23.7 Å². The summed E-state index contributed by atoms with van der Waals surface area (Å²) in [5.74, 6) is 0. The first-order valence-electron chi connectivity index (χ1n) is 7.93. The number of aromatic nitrogens is 2. The van der Waals surface area contributed by atoms with E-state index in [1.165, 1.54) is 0 Å². The highest BCUT2D eigenvalue weighted by molar-refractivity contribution is 8.27. The fourth-order valence-electron chi connectivity index (χ4n) is 3.60. The van der Waals surface area contributed by atoms with E-state index >= 15 is 0 Å². The summed E-state index contributed by atoms with van der Waals surface area (Å²) in [5, 5.41) is 1.76. The van der Waals surface area contributed by atoms with Crippen LogP contribution in [-0.2, 0) is 4.18 Å². The van der Waals surface area contributed by atoms with Crippen LogP contribution in [0.2, 0.25) is 5.02 Å². The third-order valence-electron chi connectivity index (χ3n) is 4.85. The molecule has 128 valence electrons. The third kappa shape index (κ3) is 2.45. The highest BCUT2D eigenvalue weighted by atomic mass is 35.5. The standard InChI is InChI=1S/C17H20ClN3O2S/c1-23-24(2)14(4-3-7-19-24)12-9-15(22)21-16-11-8-10(18)5-6-13(11)20-17(12)16/h5-6,8-9,14,19-20H,3-4,7H2,1-2H3,(H,21,22). The molecule has 5 nitrogen and oxygen atoms in total. The topological polar surface area (TPSA) is 69.9 Å². The molecule has 2 aromatic heterocycles. The minimum atomic E-state index is -1.47. The minimum absolute atomic E-state index is 0.0956. The van der Waals surface area contributed by atoms with Crippen LogP contribution < -0.4 is 10.3 Å².